The second kappa shape index (κ2) is 11.7. The van der Waals surface area contributed by atoms with Crippen LogP contribution in [0.25, 0.3) is 11.1 Å². The predicted molar refractivity (Wildman–Crippen MR) is 160 cm³/mol. The van der Waals surface area contributed by atoms with Gasteiger partial charge in [-0.3, -0.25) is 4.90 Å². The van der Waals surface area contributed by atoms with Crippen molar-refractivity contribution < 1.29 is 9.47 Å². The Morgan fingerprint density at radius 3 is 2.36 bits per heavy atom. The number of nitrogens with zero attached hydrogens (tertiary/aromatic N) is 2. The molecule has 1 aliphatic carbocycles. The first kappa shape index (κ1) is 27.7. The van der Waals surface area contributed by atoms with Gasteiger partial charge in [0.25, 0.3) is 0 Å². The summed E-state index contributed by atoms with van der Waals surface area (Å²) in [6.07, 6.45) is 6.69. The van der Waals surface area contributed by atoms with Crippen molar-refractivity contribution in [1.82, 2.24) is 9.88 Å². The van der Waals surface area contributed by atoms with Crippen LogP contribution in [0.1, 0.15) is 95.1 Å². The smallest absolute Gasteiger partial charge is 0.213 e. The number of hydrogen-bond acceptors (Lipinski definition) is 4. The van der Waals surface area contributed by atoms with Crippen molar-refractivity contribution in [2.24, 2.45) is 11.8 Å². The maximum atomic E-state index is 6.78. The summed E-state index contributed by atoms with van der Waals surface area (Å²) in [7, 11) is 1.67. The van der Waals surface area contributed by atoms with E-state index >= 15 is 0 Å². The zero-order chi connectivity index (χ0) is 27.7. The average Bonchev–Trinajstić information content (AvgIpc) is 3.75. The number of methoxy groups -OCH3 is 1. The molecular weight excluding hydrogens is 480 g/mol. The number of hydrogen-bond donors (Lipinski definition) is 0. The summed E-state index contributed by atoms with van der Waals surface area (Å²) < 4.78 is 12.2. The summed E-state index contributed by atoms with van der Waals surface area (Å²) in [5.74, 6) is 3.86. The van der Waals surface area contributed by atoms with Gasteiger partial charge in [-0.1, -0.05) is 44.2 Å². The molecule has 0 amide bonds. The van der Waals surface area contributed by atoms with Crippen molar-refractivity contribution in [2.75, 3.05) is 7.11 Å². The Hall–Kier alpha value is -2.85. The van der Waals surface area contributed by atoms with Gasteiger partial charge in [0, 0.05) is 30.9 Å². The van der Waals surface area contributed by atoms with Crippen LogP contribution in [0.4, 0.5) is 0 Å². The number of rotatable bonds is 10. The summed E-state index contributed by atoms with van der Waals surface area (Å²) in [6.45, 7) is 14.7. The minimum Gasteiger partial charge on any atom is -0.485 e. The van der Waals surface area contributed by atoms with E-state index in [-0.39, 0.29) is 6.10 Å². The SMILES string of the molecule is COc1cc(-c2ccc([C@@H]3CCc4ccc(C(C(C)C)C5CC5)cc4O3)cc2CN(C(C)C)C(C)C)ccn1. The summed E-state index contributed by atoms with van der Waals surface area (Å²) in [6, 6.07) is 19.0. The monoisotopic (exact) mass is 526 g/mol. The maximum absolute atomic E-state index is 6.78. The molecule has 2 aliphatic rings. The van der Waals surface area contributed by atoms with E-state index in [1.807, 2.05) is 12.3 Å². The van der Waals surface area contributed by atoms with Gasteiger partial charge in [0.1, 0.15) is 11.9 Å². The fourth-order valence-electron chi connectivity index (χ4n) is 6.56. The lowest BCUT2D eigenvalue weighted by Crippen LogP contribution is -2.36. The lowest BCUT2D eigenvalue weighted by Gasteiger charge is -2.32. The number of pyridine rings is 1. The van der Waals surface area contributed by atoms with E-state index in [1.54, 1.807) is 7.11 Å². The lowest BCUT2D eigenvalue weighted by molar-refractivity contribution is 0.164. The molecule has 4 heteroatoms. The molecule has 3 aromatic rings. The first-order valence-corrected chi connectivity index (χ1v) is 14.9. The highest BCUT2D eigenvalue weighted by Crippen LogP contribution is 2.48. The molecule has 1 fully saturated rings. The third-order valence-electron chi connectivity index (χ3n) is 8.70. The minimum absolute atomic E-state index is 0.0671. The van der Waals surface area contributed by atoms with Crippen molar-refractivity contribution in [2.45, 2.75) is 97.9 Å². The van der Waals surface area contributed by atoms with Crippen molar-refractivity contribution >= 4 is 0 Å². The van der Waals surface area contributed by atoms with Gasteiger partial charge in [-0.15, -0.1) is 0 Å². The Kier molecular flexibility index (Phi) is 8.32. The second-order valence-corrected chi connectivity index (χ2v) is 12.5. The minimum atomic E-state index is 0.0671. The number of ether oxygens (including phenoxy) is 2. The summed E-state index contributed by atoms with van der Waals surface area (Å²) in [4.78, 5) is 6.88. The summed E-state index contributed by atoms with van der Waals surface area (Å²) in [5.41, 5.74) is 7.75. The van der Waals surface area contributed by atoms with Crippen LogP contribution in [0.2, 0.25) is 0 Å². The van der Waals surface area contributed by atoms with Gasteiger partial charge in [-0.2, -0.15) is 0 Å². The van der Waals surface area contributed by atoms with Gasteiger partial charge in [0.05, 0.1) is 7.11 Å². The van der Waals surface area contributed by atoms with E-state index in [0.717, 1.165) is 36.6 Å². The van der Waals surface area contributed by atoms with Gasteiger partial charge in [0.15, 0.2) is 0 Å². The lowest BCUT2D eigenvalue weighted by atomic mass is 9.83. The first-order chi connectivity index (χ1) is 18.7. The fourth-order valence-corrected chi connectivity index (χ4v) is 6.56. The zero-order valence-corrected chi connectivity index (χ0v) is 24.9. The number of benzene rings is 2. The quantitative estimate of drug-likeness (QED) is 0.265. The molecule has 208 valence electrons. The van der Waals surface area contributed by atoms with Gasteiger partial charge >= 0.3 is 0 Å². The Labute approximate surface area is 235 Å². The molecule has 1 aromatic heterocycles. The molecule has 0 bridgehead atoms. The van der Waals surface area contributed by atoms with E-state index in [0.29, 0.717) is 29.8 Å². The standard InChI is InChI=1S/C35H46N2O2/c1-22(2)35(26-9-10-26)29-11-8-25-13-15-32(39-33(25)19-29)28-12-14-31(27-16-17-36-34(20-27)38-7)30(18-28)21-37(23(3)4)24(5)6/h8,11-12,14,16-20,22-24,26,32,35H,9-10,13,15,21H2,1-7H3/t32-,35?/m0/s1. The van der Waals surface area contributed by atoms with Crippen LogP contribution < -0.4 is 9.47 Å². The van der Waals surface area contributed by atoms with Crippen LogP contribution in [-0.2, 0) is 13.0 Å². The van der Waals surface area contributed by atoms with Crippen LogP contribution in [0.5, 0.6) is 11.6 Å². The summed E-state index contributed by atoms with van der Waals surface area (Å²) >= 11 is 0. The molecule has 0 N–H and O–H groups in total. The molecule has 1 unspecified atom stereocenters. The number of aryl methyl sites for hydroxylation is 1. The molecule has 2 heterocycles. The fraction of sp³-hybridized carbons (Fsp3) is 0.514. The van der Waals surface area contributed by atoms with Crippen molar-refractivity contribution in [3.05, 3.63) is 77.0 Å². The Morgan fingerprint density at radius 1 is 0.923 bits per heavy atom. The highest BCUT2D eigenvalue weighted by molar-refractivity contribution is 5.68. The third kappa shape index (κ3) is 6.17. The Morgan fingerprint density at radius 2 is 1.69 bits per heavy atom. The highest BCUT2D eigenvalue weighted by atomic mass is 16.5. The zero-order valence-electron chi connectivity index (χ0n) is 24.9. The van der Waals surface area contributed by atoms with E-state index in [2.05, 4.69) is 93.9 Å². The van der Waals surface area contributed by atoms with Gasteiger partial charge in [-0.25, -0.2) is 4.98 Å². The third-order valence-corrected chi connectivity index (χ3v) is 8.70. The van der Waals surface area contributed by atoms with E-state index in [1.165, 1.54) is 40.7 Å². The van der Waals surface area contributed by atoms with Crippen LogP contribution in [-0.4, -0.2) is 29.1 Å². The number of fused-ring (bicyclic) bond motifs is 1. The molecule has 2 atom stereocenters. The topological polar surface area (TPSA) is 34.6 Å². The molecule has 0 radical (unpaired) electrons. The molecule has 2 aromatic carbocycles. The summed E-state index contributed by atoms with van der Waals surface area (Å²) in [5, 5.41) is 0. The van der Waals surface area contributed by atoms with Crippen molar-refractivity contribution in [3.8, 4) is 22.8 Å². The first-order valence-electron chi connectivity index (χ1n) is 14.9. The molecule has 5 rings (SSSR count). The maximum Gasteiger partial charge on any atom is 0.213 e. The molecule has 0 saturated heterocycles. The molecule has 4 nitrogen and oxygen atoms in total. The van der Waals surface area contributed by atoms with E-state index < -0.39 is 0 Å². The van der Waals surface area contributed by atoms with Gasteiger partial charge in [0.2, 0.25) is 5.88 Å². The Balaban J connectivity index is 1.48. The predicted octanol–water partition coefficient (Wildman–Crippen LogP) is 8.59. The van der Waals surface area contributed by atoms with Crippen LogP contribution in [0.3, 0.4) is 0 Å². The normalized spacial score (nSPS) is 18.0. The Bertz CT molecular complexity index is 1270. The van der Waals surface area contributed by atoms with E-state index in [4.69, 9.17) is 9.47 Å². The largest absolute Gasteiger partial charge is 0.485 e. The molecule has 39 heavy (non-hydrogen) atoms. The van der Waals surface area contributed by atoms with Crippen molar-refractivity contribution in [3.63, 3.8) is 0 Å². The van der Waals surface area contributed by atoms with Gasteiger partial charge < -0.3 is 9.47 Å². The average molecular weight is 527 g/mol. The molecule has 1 saturated carbocycles. The van der Waals surface area contributed by atoms with Crippen molar-refractivity contribution in [1.29, 1.82) is 0 Å². The molecule has 0 spiro atoms. The highest BCUT2D eigenvalue weighted by Gasteiger charge is 2.35. The van der Waals surface area contributed by atoms with Crippen LogP contribution >= 0.6 is 0 Å². The molecular formula is C35H46N2O2. The molecule has 1 aliphatic heterocycles. The van der Waals surface area contributed by atoms with Crippen LogP contribution in [0, 0.1) is 11.8 Å². The second-order valence-electron chi connectivity index (χ2n) is 12.5. The van der Waals surface area contributed by atoms with Gasteiger partial charge in [-0.05, 0) is 117 Å². The van der Waals surface area contributed by atoms with E-state index in [9.17, 15) is 0 Å². The number of aromatic nitrogens is 1. The van der Waals surface area contributed by atoms with Crippen LogP contribution in [0.15, 0.2) is 54.7 Å².